The maximum Gasteiger partial charge on any atom is 0.337 e. The van der Waals surface area contributed by atoms with Gasteiger partial charge in [0.25, 0.3) is 5.91 Å². The van der Waals surface area contributed by atoms with E-state index in [1.807, 2.05) is 19.9 Å². The molecular formula is C23H25BrN2O6. The van der Waals surface area contributed by atoms with Crippen LogP contribution in [0.25, 0.3) is 0 Å². The van der Waals surface area contributed by atoms with E-state index in [-0.39, 0.29) is 25.2 Å². The second kappa shape index (κ2) is 12.0. The summed E-state index contributed by atoms with van der Waals surface area (Å²) >= 11 is 3.43. The first kappa shape index (κ1) is 25.1. The van der Waals surface area contributed by atoms with Crippen molar-refractivity contribution in [2.45, 2.75) is 33.1 Å². The Morgan fingerprint density at radius 3 is 2.22 bits per heavy atom. The van der Waals surface area contributed by atoms with Gasteiger partial charge in [0.1, 0.15) is 0 Å². The van der Waals surface area contributed by atoms with Crippen molar-refractivity contribution >= 4 is 51.1 Å². The minimum atomic E-state index is -0.556. The maximum absolute atomic E-state index is 12.0. The van der Waals surface area contributed by atoms with E-state index in [4.69, 9.17) is 4.74 Å². The lowest BCUT2D eigenvalue weighted by Crippen LogP contribution is -2.21. The monoisotopic (exact) mass is 504 g/mol. The summed E-state index contributed by atoms with van der Waals surface area (Å²) in [7, 11) is 1.29. The number of rotatable bonds is 9. The van der Waals surface area contributed by atoms with Crippen LogP contribution in [0.2, 0.25) is 0 Å². The highest BCUT2D eigenvalue weighted by Gasteiger charge is 2.12. The normalized spacial score (nSPS) is 10.2. The van der Waals surface area contributed by atoms with Gasteiger partial charge < -0.3 is 20.1 Å². The zero-order valence-corrected chi connectivity index (χ0v) is 19.7. The number of nitrogens with one attached hydrogen (secondary N) is 2. The van der Waals surface area contributed by atoms with Crippen LogP contribution in [0.15, 0.2) is 40.9 Å². The van der Waals surface area contributed by atoms with E-state index in [0.717, 1.165) is 15.6 Å². The molecule has 0 aliphatic carbocycles. The lowest BCUT2D eigenvalue weighted by molar-refractivity contribution is -0.147. The van der Waals surface area contributed by atoms with Crippen molar-refractivity contribution < 1.29 is 28.7 Å². The van der Waals surface area contributed by atoms with Crippen molar-refractivity contribution in [1.29, 1.82) is 0 Å². The van der Waals surface area contributed by atoms with E-state index in [0.29, 0.717) is 16.9 Å². The standard InChI is InChI=1S/C23H25BrN2O6/c1-14-15(2)19(12-11-18(14)24)26-21(28)13-32-22(29)6-4-5-20(27)25-17-9-7-16(8-10-17)23(30)31-3/h7-12H,4-6,13H2,1-3H3,(H,25,27)(H,26,28). The molecular weight excluding hydrogens is 480 g/mol. The molecule has 2 rings (SSSR count). The summed E-state index contributed by atoms with van der Waals surface area (Å²) in [5.74, 6) is -1.73. The summed E-state index contributed by atoms with van der Waals surface area (Å²) < 4.78 is 10.5. The van der Waals surface area contributed by atoms with Gasteiger partial charge in [-0.3, -0.25) is 14.4 Å². The molecule has 2 N–H and O–H groups in total. The van der Waals surface area contributed by atoms with Gasteiger partial charge in [0, 0.05) is 28.7 Å². The minimum Gasteiger partial charge on any atom is -0.465 e. The molecule has 0 fully saturated rings. The molecule has 2 aromatic carbocycles. The zero-order valence-electron chi connectivity index (χ0n) is 18.1. The SMILES string of the molecule is COC(=O)c1ccc(NC(=O)CCCC(=O)OCC(=O)Nc2ccc(Br)c(C)c2C)cc1. The van der Waals surface area contributed by atoms with Crippen LogP contribution in [0.1, 0.15) is 40.7 Å². The first-order valence-corrected chi connectivity index (χ1v) is 10.7. The Kier molecular flexibility index (Phi) is 9.39. The van der Waals surface area contributed by atoms with Crippen LogP contribution in [-0.4, -0.2) is 37.5 Å². The molecule has 2 aromatic rings. The molecule has 9 heteroatoms. The molecule has 0 atom stereocenters. The van der Waals surface area contributed by atoms with Crippen molar-refractivity contribution in [3.8, 4) is 0 Å². The fourth-order valence-electron chi connectivity index (χ4n) is 2.75. The maximum atomic E-state index is 12.0. The average Bonchev–Trinajstić information content (AvgIpc) is 2.78. The van der Waals surface area contributed by atoms with Gasteiger partial charge in [-0.2, -0.15) is 0 Å². The van der Waals surface area contributed by atoms with E-state index in [9.17, 15) is 19.2 Å². The smallest absolute Gasteiger partial charge is 0.337 e. The number of esters is 2. The third-order valence-electron chi connectivity index (χ3n) is 4.73. The molecule has 0 bridgehead atoms. The quantitative estimate of drug-likeness (QED) is 0.496. The molecule has 0 unspecified atom stereocenters. The van der Waals surface area contributed by atoms with Crippen LogP contribution in [0.4, 0.5) is 11.4 Å². The van der Waals surface area contributed by atoms with Crippen LogP contribution in [0.3, 0.4) is 0 Å². The van der Waals surface area contributed by atoms with E-state index in [1.54, 1.807) is 30.3 Å². The Hall–Kier alpha value is -3.20. The van der Waals surface area contributed by atoms with Gasteiger partial charge in [0.15, 0.2) is 6.61 Å². The van der Waals surface area contributed by atoms with Crippen molar-refractivity contribution in [3.05, 3.63) is 57.6 Å². The second-order valence-corrected chi connectivity index (χ2v) is 7.88. The molecule has 2 amide bonds. The number of hydrogen-bond acceptors (Lipinski definition) is 6. The summed E-state index contributed by atoms with van der Waals surface area (Å²) in [5, 5.41) is 5.40. The first-order chi connectivity index (χ1) is 15.2. The van der Waals surface area contributed by atoms with E-state index >= 15 is 0 Å². The number of carbonyl (C=O) groups is 4. The largest absolute Gasteiger partial charge is 0.465 e. The van der Waals surface area contributed by atoms with Crippen molar-refractivity contribution in [3.63, 3.8) is 0 Å². The van der Waals surface area contributed by atoms with E-state index in [1.165, 1.54) is 7.11 Å². The third-order valence-corrected chi connectivity index (χ3v) is 5.59. The number of carbonyl (C=O) groups excluding carboxylic acids is 4. The van der Waals surface area contributed by atoms with Gasteiger partial charge in [0.2, 0.25) is 5.91 Å². The molecule has 0 aliphatic rings. The molecule has 32 heavy (non-hydrogen) atoms. The zero-order chi connectivity index (χ0) is 23.7. The summed E-state index contributed by atoms with van der Waals surface area (Å²) in [6.07, 6.45) is 0.396. The highest BCUT2D eigenvalue weighted by Crippen LogP contribution is 2.25. The predicted octanol–water partition coefficient (Wildman–Crippen LogP) is 4.14. The lowest BCUT2D eigenvalue weighted by Gasteiger charge is -2.12. The molecule has 0 aliphatic heterocycles. The molecule has 0 aromatic heterocycles. The Labute approximate surface area is 194 Å². The van der Waals surface area contributed by atoms with Crippen LogP contribution in [0, 0.1) is 13.8 Å². The number of ether oxygens (including phenoxy) is 2. The van der Waals surface area contributed by atoms with Gasteiger partial charge in [-0.25, -0.2) is 4.79 Å². The summed E-state index contributed by atoms with van der Waals surface area (Å²) in [6, 6.07) is 9.87. The minimum absolute atomic E-state index is 0.0123. The summed E-state index contributed by atoms with van der Waals surface area (Å²) in [6.45, 7) is 3.43. The molecule has 170 valence electrons. The van der Waals surface area contributed by atoms with Crippen LogP contribution in [-0.2, 0) is 23.9 Å². The predicted molar refractivity (Wildman–Crippen MR) is 123 cm³/mol. The molecule has 0 spiro atoms. The number of benzene rings is 2. The fraction of sp³-hybridized carbons (Fsp3) is 0.304. The number of hydrogen-bond donors (Lipinski definition) is 2. The summed E-state index contributed by atoms with van der Waals surface area (Å²) in [5.41, 5.74) is 3.49. The van der Waals surface area contributed by atoms with Crippen molar-refractivity contribution in [2.24, 2.45) is 0 Å². The number of halogens is 1. The Balaban J connectivity index is 1.68. The van der Waals surface area contributed by atoms with Gasteiger partial charge >= 0.3 is 11.9 Å². The summed E-state index contributed by atoms with van der Waals surface area (Å²) in [4.78, 5) is 47.3. The topological polar surface area (TPSA) is 111 Å². The molecule has 8 nitrogen and oxygen atoms in total. The Morgan fingerprint density at radius 2 is 1.56 bits per heavy atom. The second-order valence-electron chi connectivity index (χ2n) is 7.02. The van der Waals surface area contributed by atoms with Crippen LogP contribution < -0.4 is 10.6 Å². The highest BCUT2D eigenvalue weighted by molar-refractivity contribution is 9.10. The van der Waals surface area contributed by atoms with Gasteiger partial charge in [0.05, 0.1) is 12.7 Å². The Bertz CT molecular complexity index is 1000. The van der Waals surface area contributed by atoms with Gasteiger partial charge in [-0.15, -0.1) is 0 Å². The highest BCUT2D eigenvalue weighted by atomic mass is 79.9. The van der Waals surface area contributed by atoms with E-state index in [2.05, 4.69) is 31.3 Å². The number of methoxy groups -OCH3 is 1. The fourth-order valence-corrected chi connectivity index (χ4v) is 3.18. The van der Waals surface area contributed by atoms with Crippen molar-refractivity contribution in [2.75, 3.05) is 24.4 Å². The van der Waals surface area contributed by atoms with Crippen LogP contribution >= 0.6 is 15.9 Å². The molecule has 0 saturated heterocycles. The van der Waals surface area contributed by atoms with Gasteiger partial charge in [-0.1, -0.05) is 15.9 Å². The third kappa shape index (κ3) is 7.49. The average molecular weight is 505 g/mol. The van der Waals surface area contributed by atoms with Crippen LogP contribution in [0.5, 0.6) is 0 Å². The van der Waals surface area contributed by atoms with Gasteiger partial charge in [-0.05, 0) is 67.8 Å². The van der Waals surface area contributed by atoms with Crippen molar-refractivity contribution in [1.82, 2.24) is 0 Å². The molecule has 0 heterocycles. The molecule has 0 saturated carbocycles. The Morgan fingerprint density at radius 1 is 0.875 bits per heavy atom. The van der Waals surface area contributed by atoms with E-state index < -0.39 is 24.5 Å². The number of anilines is 2. The molecule has 0 radical (unpaired) electrons. The lowest BCUT2D eigenvalue weighted by atomic mass is 10.1. The first-order valence-electron chi connectivity index (χ1n) is 9.90. The number of amides is 2.